The maximum absolute atomic E-state index is 11.6. The molecule has 6 nitrogen and oxygen atoms in total. The minimum Gasteiger partial charge on any atom is -0.368 e. The van der Waals surface area contributed by atoms with E-state index in [1.54, 1.807) is 6.07 Å². The quantitative estimate of drug-likeness (QED) is 0.772. The number of rotatable bonds is 1. The molecule has 2 aliphatic heterocycles. The molecule has 0 aromatic heterocycles. The van der Waals surface area contributed by atoms with Crippen molar-refractivity contribution in [3.63, 3.8) is 0 Å². The number of fused-ring (bicyclic) bond motifs is 1. The summed E-state index contributed by atoms with van der Waals surface area (Å²) in [5.41, 5.74) is 1.32. The normalized spacial score (nSPS) is 20.8. The summed E-state index contributed by atoms with van der Waals surface area (Å²) in [5.74, 6) is -1.12. The topological polar surface area (TPSA) is 83.6 Å². The molecular weight excluding hydrogens is 304 g/mol. The summed E-state index contributed by atoms with van der Waals surface area (Å²) in [5, 5.41) is 2.82. The summed E-state index contributed by atoms with van der Waals surface area (Å²) in [7, 11) is -2.97. The molecule has 106 valence electrons. The molecule has 0 bridgehead atoms. The number of hydrogen-bond acceptors (Lipinski definition) is 5. The maximum Gasteiger partial charge on any atom is 0.296 e. The van der Waals surface area contributed by atoms with E-state index in [4.69, 9.17) is 11.6 Å². The first kappa shape index (κ1) is 13.4. The molecule has 1 aromatic carbocycles. The lowest BCUT2D eigenvalue weighted by atomic mass is 10.1. The zero-order valence-corrected chi connectivity index (χ0v) is 11.9. The number of Topliss-reactive ketones (excluding diaryl/α,β-unsaturated/α-hetero) is 1. The van der Waals surface area contributed by atoms with Gasteiger partial charge >= 0.3 is 0 Å². The minimum absolute atomic E-state index is 0.0751. The number of hydrogen-bond donors (Lipinski definition) is 1. The Bertz CT molecular complexity index is 715. The molecule has 0 atom stereocenters. The number of carbonyl (C=O) groups excluding carboxylic acids is 2. The first-order valence-corrected chi connectivity index (χ1v) is 8.22. The standard InChI is InChI=1S/C12H11ClN2O4S/c13-8-5-7-9(14-12(17)11(7)16)6-10(8)15-1-3-20(18,19)4-2-15/h5-6H,1-4H2,(H,14,16,17). The summed E-state index contributed by atoms with van der Waals surface area (Å²) >= 11 is 6.14. The Morgan fingerprint density at radius 3 is 2.45 bits per heavy atom. The molecule has 0 aliphatic carbocycles. The highest BCUT2D eigenvalue weighted by molar-refractivity contribution is 7.91. The van der Waals surface area contributed by atoms with Crippen LogP contribution in [0.15, 0.2) is 12.1 Å². The molecule has 8 heteroatoms. The Hall–Kier alpha value is -1.60. The smallest absolute Gasteiger partial charge is 0.296 e. The highest BCUT2D eigenvalue weighted by Crippen LogP contribution is 2.35. The first-order chi connectivity index (χ1) is 9.37. The van der Waals surface area contributed by atoms with E-state index < -0.39 is 21.5 Å². The molecule has 1 saturated heterocycles. The van der Waals surface area contributed by atoms with Crippen molar-refractivity contribution in [2.45, 2.75) is 0 Å². The molecule has 0 radical (unpaired) electrons. The van der Waals surface area contributed by atoms with E-state index in [-0.39, 0.29) is 17.1 Å². The fourth-order valence-electron chi connectivity index (χ4n) is 2.35. The fourth-order valence-corrected chi connectivity index (χ4v) is 3.83. The third-order valence-corrected chi connectivity index (χ3v) is 5.38. The Labute approximate surface area is 120 Å². The van der Waals surface area contributed by atoms with Gasteiger partial charge in [-0.1, -0.05) is 11.6 Å². The number of carbonyl (C=O) groups is 2. The van der Waals surface area contributed by atoms with Crippen LogP contribution in [-0.4, -0.2) is 44.7 Å². The second kappa shape index (κ2) is 4.46. The summed E-state index contributed by atoms with van der Waals surface area (Å²) < 4.78 is 22.8. The Kier molecular flexibility index (Phi) is 2.98. The van der Waals surface area contributed by atoms with Gasteiger partial charge in [0.25, 0.3) is 11.7 Å². The van der Waals surface area contributed by atoms with Crippen molar-refractivity contribution >= 4 is 44.5 Å². The molecule has 1 aromatic rings. The number of amides is 1. The minimum atomic E-state index is -2.97. The van der Waals surface area contributed by atoms with Crippen molar-refractivity contribution in [1.29, 1.82) is 0 Å². The van der Waals surface area contributed by atoms with Crippen LogP contribution in [0.2, 0.25) is 5.02 Å². The predicted molar refractivity (Wildman–Crippen MR) is 75.3 cm³/mol. The first-order valence-electron chi connectivity index (χ1n) is 6.02. The number of nitrogens with one attached hydrogen (secondary N) is 1. The monoisotopic (exact) mass is 314 g/mol. The van der Waals surface area contributed by atoms with Gasteiger partial charge in [-0.2, -0.15) is 0 Å². The van der Waals surface area contributed by atoms with E-state index in [1.165, 1.54) is 6.07 Å². The average molecular weight is 315 g/mol. The lowest BCUT2D eigenvalue weighted by molar-refractivity contribution is -0.112. The summed E-state index contributed by atoms with van der Waals surface area (Å²) in [4.78, 5) is 24.7. The molecule has 0 unspecified atom stereocenters. The second-order valence-electron chi connectivity index (χ2n) is 4.77. The Balaban J connectivity index is 1.95. The van der Waals surface area contributed by atoms with Gasteiger partial charge in [-0.15, -0.1) is 0 Å². The van der Waals surface area contributed by atoms with E-state index in [0.29, 0.717) is 29.5 Å². The van der Waals surface area contributed by atoms with Crippen LogP contribution in [-0.2, 0) is 14.6 Å². The van der Waals surface area contributed by atoms with Crippen LogP contribution in [0, 0.1) is 0 Å². The molecule has 2 aliphatic rings. The van der Waals surface area contributed by atoms with Gasteiger partial charge in [-0.3, -0.25) is 9.59 Å². The number of sulfone groups is 1. The number of anilines is 2. The third-order valence-electron chi connectivity index (χ3n) is 3.47. The molecule has 2 heterocycles. The maximum atomic E-state index is 11.6. The lowest BCUT2D eigenvalue weighted by Gasteiger charge is -2.29. The van der Waals surface area contributed by atoms with Gasteiger partial charge in [0.2, 0.25) is 0 Å². The molecule has 0 spiro atoms. The fraction of sp³-hybridized carbons (Fsp3) is 0.333. The number of benzene rings is 1. The van der Waals surface area contributed by atoms with Crippen LogP contribution < -0.4 is 10.2 Å². The third kappa shape index (κ3) is 2.16. The van der Waals surface area contributed by atoms with Crippen molar-refractivity contribution in [3.05, 3.63) is 22.7 Å². The van der Waals surface area contributed by atoms with E-state index in [2.05, 4.69) is 5.32 Å². The highest BCUT2D eigenvalue weighted by Gasteiger charge is 2.31. The molecule has 0 saturated carbocycles. The van der Waals surface area contributed by atoms with Crippen molar-refractivity contribution in [3.8, 4) is 0 Å². The van der Waals surface area contributed by atoms with E-state index in [1.807, 2.05) is 4.90 Å². The van der Waals surface area contributed by atoms with E-state index in [9.17, 15) is 18.0 Å². The molecule has 20 heavy (non-hydrogen) atoms. The van der Waals surface area contributed by atoms with Gasteiger partial charge in [-0.05, 0) is 12.1 Å². The van der Waals surface area contributed by atoms with Crippen LogP contribution in [0.25, 0.3) is 0 Å². The molecule has 1 amide bonds. The number of halogens is 1. The second-order valence-corrected chi connectivity index (χ2v) is 7.48. The molecule has 1 N–H and O–H groups in total. The Morgan fingerprint density at radius 2 is 1.80 bits per heavy atom. The van der Waals surface area contributed by atoms with Crippen LogP contribution in [0.4, 0.5) is 11.4 Å². The van der Waals surface area contributed by atoms with Crippen LogP contribution in [0.5, 0.6) is 0 Å². The zero-order chi connectivity index (χ0) is 14.5. The van der Waals surface area contributed by atoms with Gasteiger partial charge in [0.15, 0.2) is 9.84 Å². The van der Waals surface area contributed by atoms with E-state index >= 15 is 0 Å². The van der Waals surface area contributed by atoms with Crippen molar-refractivity contribution < 1.29 is 18.0 Å². The van der Waals surface area contributed by atoms with Gasteiger partial charge < -0.3 is 10.2 Å². The highest BCUT2D eigenvalue weighted by atomic mass is 35.5. The van der Waals surface area contributed by atoms with Crippen LogP contribution in [0.1, 0.15) is 10.4 Å². The largest absolute Gasteiger partial charge is 0.368 e. The van der Waals surface area contributed by atoms with Crippen LogP contribution in [0.3, 0.4) is 0 Å². The average Bonchev–Trinajstić information content (AvgIpc) is 2.65. The van der Waals surface area contributed by atoms with E-state index in [0.717, 1.165) is 0 Å². The number of nitrogens with zero attached hydrogens (tertiary/aromatic N) is 1. The SMILES string of the molecule is O=C1Nc2cc(N3CCS(=O)(=O)CC3)c(Cl)cc2C1=O. The lowest BCUT2D eigenvalue weighted by Crippen LogP contribution is -2.40. The number of ketones is 1. The summed E-state index contributed by atoms with van der Waals surface area (Å²) in [6.07, 6.45) is 0. The molecular formula is C12H11ClN2O4S. The van der Waals surface area contributed by atoms with Crippen molar-refractivity contribution in [1.82, 2.24) is 0 Å². The molecule has 1 fully saturated rings. The molecule has 3 rings (SSSR count). The van der Waals surface area contributed by atoms with Gasteiger partial charge in [0.05, 0.1) is 33.5 Å². The predicted octanol–water partition coefficient (Wildman–Crippen LogP) is 0.710. The van der Waals surface area contributed by atoms with Crippen LogP contribution >= 0.6 is 11.6 Å². The van der Waals surface area contributed by atoms with Gasteiger partial charge in [0, 0.05) is 13.1 Å². The van der Waals surface area contributed by atoms with Gasteiger partial charge in [0.1, 0.15) is 0 Å². The van der Waals surface area contributed by atoms with Gasteiger partial charge in [-0.25, -0.2) is 8.42 Å². The summed E-state index contributed by atoms with van der Waals surface area (Å²) in [6, 6.07) is 3.08. The zero-order valence-electron chi connectivity index (χ0n) is 10.3. The van der Waals surface area contributed by atoms with Crippen molar-refractivity contribution in [2.75, 3.05) is 34.8 Å². The summed E-state index contributed by atoms with van der Waals surface area (Å²) in [6.45, 7) is 0.700. The van der Waals surface area contributed by atoms with Crippen molar-refractivity contribution in [2.24, 2.45) is 0 Å². The Morgan fingerprint density at radius 1 is 1.15 bits per heavy atom.